The first kappa shape index (κ1) is 46.0. The van der Waals surface area contributed by atoms with E-state index in [4.69, 9.17) is 42.6 Å². The van der Waals surface area contributed by atoms with Gasteiger partial charge in [-0.15, -0.1) is 0 Å². The third-order valence-electron chi connectivity index (χ3n) is 10.2. The van der Waals surface area contributed by atoms with E-state index in [1.165, 1.54) is 0 Å². The summed E-state index contributed by atoms with van der Waals surface area (Å²) in [6.07, 6.45) is -44.5. The molecule has 0 spiro atoms. The van der Waals surface area contributed by atoms with E-state index in [2.05, 4.69) is 0 Å². The van der Waals surface area contributed by atoms with Gasteiger partial charge in [-0.3, -0.25) is 0 Å². The summed E-state index contributed by atoms with van der Waals surface area (Å²) in [5.41, 5.74) is 0. The molecule has 0 aromatic rings. The second-order valence-corrected chi connectivity index (χ2v) is 14.1. The normalized spacial score (nSPS) is 53.2. The molecule has 328 valence electrons. The Morgan fingerprint density at radius 1 is 0.268 bits per heavy atom. The van der Waals surface area contributed by atoms with Crippen LogP contribution in [0.2, 0.25) is 0 Å². The van der Waals surface area contributed by atoms with Crippen LogP contribution in [0, 0.1) is 0 Å². The Morgan fingerprint density at radius 2 is 0.482 bits per heavy atom. The predicted molar refractivity (Wildman–Crippen MR) is 167 cm³/mol. The average molecular weight is 829 g/mol. The van der Waals surface area contributed by atoms with Crippen LogP contribution in [-0.2, 0) is 42.6 Å². The van der Waals surface area contributed by atoms with Crippen molar-refractivity contribution in [2.45, 2.75) is 154 Å². The minimum Gasteiger partial charge on any atom is -0.394 e. The summed E-state index contributed by atoms with van der Waals surface area (Å²) < 4.78 is 48.7. The second-order valence-electron chi connectivity index (χ2n) is 14.1. The molecule has 0 aromatic heterocycles. The van der Waals surface area contributed by atoms with Gasteiger partial charge in [0.15, 0.2) is 31.5 Å². The summed E-state index contributed by atoms with van der Waals surface area (Å²) in [5.74, 6) is 0. The lowest BCUT2D eigenvalue weighted by Gasteiger charge is -2.45. The highest BCUT2D eigenvalue weighted by molar-refractivity contribution is 4.95. The Kier molecular flexibility index (Phi) is 16.1. The summed E-state index contributed by atoms with van der Waals surface area (Å²) in [6, 6.07) is 0. The van der Waals surface area contributed by atoms with E-state index in [1.54, 1.807) is 0 Å². The summed E-state index contributed by atoms with van der Waals surface area (Å²) in [7, 11) is 0. The van der Waals surface area contributed by atoms with Crippen LogP contribution in [0.4, 0.5) is 0 Å². The van der Waals surface area contributed by atoms with Crippen molar-refractivity contribution in [3.8, 4) is 0 Å². The fraction of sp³-hybridized carbons (Fsp3) is 1.00. The molecule has 0 aliphatic carbocycles. The SMILES string of the molecule is OCC1OC(OCC2OC(OCC3OC(OCC4OC(OC5OC(CO)C(O)C(O)C5O)C(O)C(O)C4O)C(O)C(O)C3O)C(O)C(O)C2O)C(O)C(O)C1O. The topological polar surface area (TPSA) is 427 Å². The van der Waals surface area contributed by atoms with Gasteiger partial charge in [-0.2, -0.15) is 0 Å². The first-order valence-electron chi connectivity index (χ1n) is 17.6. The van der Waals surface area contributed by atoms with Gasteiger partial charge >= 0.3 is 0 Å². The van der Waals surface area contributed by atoms with Crippen molar-refractivity contribution in [2.24, 2.45) is 0 Å². The van der Waals surface area contributed by atoms with E-state index < -0.39 is 187 Å². The Balaban J connectivity index is 1.17. The van der Waals surface area contributed by atoms with Crippen molar-refractivity contribution in [1.82, 2.24) is 0 Å². The van der Waals surface area contributed by atoms with Crippen LogP contribution < -0.4 is 0 Å². The van der Waals surface area contributed by atoms with Gasteiger partial charge in [0, 0.05) is 0 Å². The van der Waals surface area contributed by atoms with Gasteiger partial charge in [0.2, 0.25) is 0 Å². The summed E-state index contributed by atoms with van der Waals surface area (Å²) >= 11 is 0. The standard InChI is InChI=1S/C30H52O26/c31-1-6-11(33)16(38)21(43)26(51-6)48-3-8-13(35)18(40)22(44)27(53-8)49-4-9-14(36)19(41)23(45)28(54-9)50-5-10-15(37)20(42)25(47)30(55-10)56-29-24(46)17(39)12(34)7(2-32)52-29/h6-47H,1-5H2. The van der Waals surface area contributed by atoms with E-state index >= 15 is 0 Å². The Labute approximate surface area is 316 Å². The zero-order valence-electron chi connectivity index (χ0n) is 29.2. The minimum atomic E-state index is -1.99. The van der Waals surface area contributed by atoms with Crippen molar-refractivity contribution in [1.29, 1.82) is 0 Å². The number of aliphatic hydroxyl groups excluding tert-OH is 17. The van der Waals surface area contributed by atoms with Gasteiger partial charge in [0.25, 0.3) is 0 Å². The van der Waals surface area contributed by atoms with E-state index in [-0.39, 0.29) is 0 Å². The quantitative estimate of drug-likeness (QED) is 0.0819. The highest BCUT2D eigenvalue weighted by Crippen LogP contribution is 2.31. The summed E-state index contributed by atoms with van der Waals surface area (Å²) in [4.78, 5) is 0. The molecule has 5 saturated heterocycles. The van der Waals surface area contributed by atoms with Crippen LogP contribution in [0.15, 0.2) is 0 Å². The van der Waals surface area contributed by atoms with Crippen LogP contribution in [0.3, 0.4) is 0 Å². The lowest BCUT2D eigenvalue weighted by molar-refractivity contribution is -0.381. The monoisotopic (exact) mass is 828 g/mol. The number of ether oxygens (including phenoxy) is 9. The lowest BCUT2D eigenvalue weighted by Crippen LogP contribution is -2.64. The molecule has 5 heterocycles. The largest absolute Gasteiger partial charge is 0.394 e. The number of aliphatic hydroxyl groups is 17. The fourth-order valence-corrected chi connectivity index (χ4v) is 6.64. The van der Waals surface area contributed by atoms with Gasteiger partial charge in [-0.05, 0) is 0 Å². The van der Waals surface area contributed by atoms with Crippen LogP contribution in [-0.4, -0.2) is 273 Å². The molecule has 5 rings (SSSR count). The molecule has 26 nitrogen and oxygen atoms in total. The molecule has 0 bridgehead atoms. The average Bonchev–Trinajstić information content (AvgIpc) is 3.18. The fourth-order valence-electron chi connectivity index (χ4n) is 6.64. The van der Waals surface area contributed by atoms with Gasteiger partial charge in [-0.25, -0.2) is 0 Å². The summed E-state index contributed by atoms with van der Waals surface area (Å²) in [5, 5.41) is 174. The van der Waals surface area contributed by atoms with E-state index in [1.807, 2.05) is 0 Å². The highest BCUT2D eigenvalue weighted by Gasteiger charge is 2.52. The lowest BCUT2D eigenvalue weighted by atomic mass is 9.97. The van der Waals surface area contributed by atoms with Gasteiger partial charge < -0.3 is 129 Å². The molecule has 0 saturated carbocycles. The van der Waals surface area contributed by atoms with Gasteiger partial charge in [0.05, 0.1) is 33.0 Å². The first-order valence-corrected chi connectivity index (χ1v) is 17.6. The predicted octanol–water partition coefficient (Wildman–Crippen LogP) is -11.9. The molecule has 25 unspecified atom stereocenters. The van der Waals surface area contributed by atoms with Crippen LogP contribution in [0.1, 0.15) is 0 Å². The highest BCUT2D eigenvalue weighted by atomic mass is 16.8. The zero-order chi connectivity index (χ0) is 41.3. The van der Waals surface area contributed by atoms with Gasteiger partial charge in [0.1, 0.15) is 122 Å². The minimum absolute atomic E-state index is 0.675. The molecule has 5 aliphatic rings. The molecule has 5 aliphatic heterocycles. The molecule has 17 N–H and O–H groups in total. The van der Waals surface area contributed by atoms with E-state index in [0.29, 0.717) is 0 Å². The van der Waals surface area contributed by atoms with Crippen LogP contribution >= 0.6 is 0 Å². The van der Waals surface area contributed by atoms with Crippen molar-refractivity contribution in [2.75, 3.05) is 33.0 Å². The molecule has 0 radical (unpaired) electrons. The smallest absolute Gasteiger partial charge is 0.189 e. The Morgan fingerprint density at radius 3 is 0.768 bits per heavy atom. The van der Waals surface area contributed by atoms with E-state index in [9.17, 15) is 86.8 Å². The Hall–Kier alpha value is -1.04. The third-order valence-corrected chi connectivity index (χ3v) is 10.2. The maximum absolute atomic E-state index is 10.6. The van der Waals surface area contributed by atoms with E-state index in [0.717, 1.165) is 0 Å². The molecular weight excluding hydrogens is 776 g/mol. The number of hydrogen-bond acceptors (Lipinski definition) is 26. The second kappa shape index (κ2) is 19.6. The molecule has 56 heavy (non-hydrogen) atoms. The molecule has 25 atom stereocenters. The van der Waals surface area contributed by atoms with Crippen molar-refractivity contribution < 1.29 is 129 Å². The molecule has 0 amide bonds. The van der Waals surface area contributed by atoms with Crippen molar-refractivity contribution in [3.63, 3.8) is 0 Å². The van der Waals surface area contributed by atoms with Gasteiger partial charge in [-0.1, -0.05) is 0 Å². The maximum Gasteiger partial charge on any atom is 0.189 e. The number of hydrogen-bond donors (Lipinski definition) is 17. The maximum atomic E-state index is 10.6. The van der Waals surface area contributed by atoms with Crippen LogP contribution in [0.25, 0.3) is 0 Å². The molecule has 26 heteroatoms. The Bertz CT molecular complexity index is 1200. The molecular formula is C30H52O26. The first-order chi connectivity index (χ1) is 26.4. The molecule has 0 aromatic carbocycles. The summed E-state index contributed by atoms with van der Waals surface area (Å²) in [6.45, 7) is -3.77. The van der Waals surface area contributed by atoms with Crippen LogP contribution in [0.5, 0.6) is 0 Å². The zero-order valence-corrected chi connectivity index (χ0v) is 29.2. The third kappa shape index (κ3) is 9.61. The number of rotatable bonds is 13. The van der Waals surface area contributed by atoms with Crippen molar-refractivity contribution >= 4 is 0 Å². The molecule has 5 fully saturated rings. The van der Waals surface area contributed by atoms with Crippen molar-refractivity contribution in [3.05, 3.63) is 0 Å².